The Balaban J connectivity index is 1.35. The Morgan fingerprint density at radius 1 is 1.08 bits per heavy atom. The first kappa shape index (κ1) is 26.1. The van der Waals surface area contributed by atoms with Crippen LogP contribution in [0, 0.1) is 6.92 Å². The van der Waals surface area contributed by atoms with Crippen LogP contribution in [-0.2, 0) is 14.4 Å². The van der Waals surface area contributed by atoms with Crippen molar-refractivity contribution in [3.05, 3.63) is 62.5 Å². The Labute approximate surface area is 222 Å². The fourth-order valence-corrected chi connectivity index (χ4v) is 4.99. The Bertz CT molecular complexity index is 1260. The largest absolute Gasteiger partial charge is 0.482 e. The van der Waals surface area contributed by atoms with Gasteiger partial charge in [-0.05, 0) is 73.0 Å². The highest BCUT2D eigenvalue weighted by molar-refractivity contribution is 8.18. The predicted octanol–water partition coefficient (Wildman–Crippen LogP) is 4.98. The van der Waals surface area contributed by atoms with E-state index < -0.39 is 11.1 Å². The molecule has 8 nitrogen and oxygen atoms in total. The number of carbonyl (C=O) groups excluding carboxylic acids is 4. The standard InChI is InChI=1S/C25H23Cl2N3O5S/c1-15-4-6-17(12-18(15)26)28-22(31)14-35-20-7-5-16(10-19(20)27)11-21-24(33)30(25(34)36-21)13-23(32)29-8-2-3-9-29/h4-7,10-12H,2-3,8-9,13-14H2,1H3,(H,28,31)/b21-11-. The maximum atomic E-state index is 12.7. The number of anilines is 1. The van der Waals surface area contributed by atoms with Crippen LogP contribution in [0.3, 0.4) is 0 Å². The summed E-state index contributed by atoms with van der Waals surface area (Å²) in [7, 11) is 0. The molecule has 2 aromatic rings. The molecule has 0 unspecified atom stereocenters. The van der Waals surface area contributed by atoms with Crippen LogP contribution < -0.4 is 10.1 Å². The number of thioether (sulfide) groups is 1. The highest BCUT2D eigenvalue weighted by Gasteiger charge is 2.37. The minimum absolute atomic E-state index is 0.204. The lowest BCUT2D eigenvalue weighted by molar-refractivity contribution is -0.135. The number of halogens is 2. The second-order valence-corrected chi connectivity index (χ2v) is 10.2. The van der Waals surface area contributed by atoms with Crippen molar-refractivity contribution < 1.29 is 23.9 Å². The maximum Gasteiger partial charge on any atom is 0.294 e. The molecule has 188 valence electrons. The normalized spacial score (nSPS) is 16.7. The molecule has 0 atom stereocenters. The minimum atomic E-state index is -0.512. The van der Waals surface area contributed by atoms with Gasteiger partial charge in [-0.2, -0.15) is 0 Å². The van der Waals surface area contributed by atoms with Crippen LogP contribution in [0.2, 0.25) is 10.0 Å². The highest BCUT2D eigenvalue weighted by Crippen LogP contribution is 2.34. The fraction of sp³-hybridized carbons (Fsp3) is 0.280. The van der Waals surface area contributed by atoms with Gasteiger partial charge in [0.25, 0.3) is 17.1 Å². The molecule has 0 aromatic heterocycles. The van der Waals surface area contributed by atoms with E-state index in [-0.39, 0.29) is 40.6 Å². The third-order valence-electron chi connectivity index (χ3n) is 5.69. The molecule has 0 radical (unpaired) electrons. The van der Waals surface area contributed by atoms with Gasteiger partial charge in [-0.1, -0.05) is 35.3 Å². The molecule has 36 heavy (non-hydrogen) atoms. The zero-order valence-corrected chi connectivity index (χ0v) is 21.7. The van der Waals surface area contributed by atoms with Crippen molar-refractivity contribution in [3.8, 4) is 5.75 Å². The summed E-state index contributed by atoms with van der Waals surface area (Å²) in [6.07, 6.45) is 3.40. The second-order valence-electron chi connectivity index (χ2n) is 8.35. The Morgan fingerprint density at radius 3 is 2.53 bits per heavy atom. The number of carbonyl (C=O) groups is 4. The number of amides is 4. The van der Waals surface area contributed by atoms with Crippen LogP contribution in [0.1, 0.15) is 24.0 Å². The van der Waals surface area contributed by atoms with Crippen molar-refractivity contribution in [2.24, 2.45) is 0 Å². The number of nitrogens with one attached hydrogen (secondary N) is 1. The predicted molar refractivity (Wildman–Crippen MR) is 140 cm³/mol. The molecule has 0 bridgehead atoms. The molecule has 0 spiro atoms. The molecular weight excluding hydrogens is 525 g/mol. The molecule has 4 rings (SSSR count). The number of rotatable bonds is 7. The lowest BCUT2D eigenvalue weighted by Crippen LogP contribution is -2.40. The number of likely N-dealkylation sites (tertiary alicyclic amines) is 1. The maximum absolute atomic E-state index is 12.7. The van der Waals surface area contributed by atoms with Crippen LogP contribution in [0.25, 0.3) is 6.08 Å². The lowest BCUT2D eigenvalue weighted by atomic mass is 10.2. The van der Waals surface area contributed by atoms with Gasteiger partial charge in [0.2, 0.25) is 5.91 Å². The average molecular weight is 548 g/mol. The molecular formula is C25H23Cl2N3O5S. The van der Waals surface area contributed by atoms with Crippen LogP contribution in [0.15, 0.2) is 41.3 Å². The van der Waals surface area contributed by atoms with Gasteiger partial charge in [0.15, 0.2) is 6.61 Å². The Hall–Kier alpha value is -3.01. The molecule has 0 saturated carbocycles. The summed E-state index contributed by atoms with van der Waals surface area (Å²) in [5, 5.41) is 3.00. The number of aryl methyl sites for hydroxylation is 1. The molecule has 2 aromatic carbocycles. The van der Waals surface area contributed by atoms with Crippen molar-refractivity contribution in [3.63, 3.8) is 0 Å². The van der Waals surface area contributed by atoms with E-state index in [9.17, 15) is 19.2 Å². The Morgan fingerprint density at radius 2 is 1.83 bits per heavy atom. The van der Waals surface area contributed by atoms with E-state index in [4.69, 9.17) is 27.9 Å². The number of imide groups is 1. The summed E-state index contributed by atoms with van der Waals surface area (Å²) in [6.45, 7) is 2.64. The number of benzene rings is 2. The summed E-state index contributed by atoms with van der Waals surface area (Å²) >= 11 is 13.2. The highest BCUT2D eigenvalue weighted by atomic mass is 35.5. The van der Waals surface area contributed by atoms with Crippen molar-refractivity contribution in [2.75, 3.05) is 31.6 Å². The third kappa shape index (κ3) is 6.21. The van der Waals surface area contributed by atoms with E-state index >= 15 is 0 Å². The first-order valence-corrected chi connectivity index (χ1v) is 12.8. The SMILES string of the molecule is Cc1ccc(NC(=O)COc2ccc(/C=C3\SC(=O)N(CC(=O)N4CCCC4)C3=O)cc2Cl)cc1Cl. The van der Waals surface area contributed by atoms with E-state index in [1.165, 1.54) is 6.08 Å². The quantitative estimate of drug-likeness (QED) is 0.491. The molecule has 2 saturated heterocycles. The molecule has 2 heterocycles. The van der Waals surface area contributed by atoms with Crippen LogP contribution in [0.4, 0.5) is 10.5 Å². The van der Waals surface area contributed by atoms with Gasteiger partial charge >= 0.3 is 0 Å². The van der Waals surface area contributed by atoms with Gasteiger partial charge in [-0.15, -0.1) is 0 Å². The summed E-state index contributed by atoms with van der Waals surface area (Å²) < 4.78 is 5.52. The van der Waals surface area contributed by atoms with Gasteiger partial charge in [-0.3, -0.25) is 24.1 Å². The molecule has 2 fully saturated rings. The van der Waals surface area contributed by atoms with Gasteiger partial charge in [0.05, 0.1) is 9.93 Å². The molecule has 4 amide bonds. The summed E-state index contributed by atoms with van der Waals surface area (Å²) in [6, 6.07) is 9.99. The summed E-state index contributed by atoms with van der Waals surface area (Å²) in [5.74, 6) is -0.834. The van der Waals surface area contributed by atoms with E-state index in [1.54, 1.807) is 41.3 Å². The van der Waals surface area contributed by atoms with Gasteiger partial charge in [0.1, 0.15) is 12.3 Å². The summed E-state index contributed by atoms with van der Waals surface area (Å²) in [5.41, 5.74) is 2.03. The smallest absolute Gasteiger partial charge is 0.294 e. The van der Waals surface area contributed by atoms with Crippen molar-refractivity contribution >= 4 is 69.7 Å². The zero-order valence-electron chi connectivity index (χ0n) is 19.4. The lowest BCUT2D eigenvalue weighted by Gasteiger charge is -2.18. The topological polar surface area (TPSA) is 96.0 Å². The Kier molecular flexibility index (Phi) is 8.23. The summed E-state index contributed by atoms with van der Waals surface area (Å²) in [4.78, 5) is 52.5. The van der Waals surface area contributed by atoms with E-state index in [2.05, 4.69) is 5.32 Å². The molecule has 1 N–H and O–H groups in total. The number of nitrogens with zero attached hydrogens (tertiary/aromatic N) is 2. The van der Waals surface area contributed by atoms with Crippen LogP contribution >= 0.6 is 35.0 Å². The monoisotopic (exact) mass is 547 g/mol. The molecule has 11 heteroatoms. The second kappa shape index (κ2) is 11.4. The van der Waals surface area contributed by atoms with Crippen LogP contribution in [-0.4, -0.2) is 59.0 Å². The zero-order chi connectivity index (χ0) is 25.8. The number of hydrogen-bond donors (Lipinski definition) is 1. The first-order chi connectivity index (χ1) is 17.2. The van der Waals surface area contributed by atoms with Crippen molar-refractivity contribution in [1.82, 2.24) is 9.80 Å². The number of hydrogen-bond acceptors (Lipinski definition) is 6. The van der Waals surface area contributed by atoms with Crippen molar-refractivity contribution in [1.29, 1.82) is 0 Å². The fourth-order valence-electron chi connectivity index (χ4n) is 3.72. The number of ether oxygens (including phenoxy) is 1. The first-order valence-electron chi connectivity index (χ1n) is 11.2. The molecule has 2 aliphatic rings. The van der Waals surface area contributed by atoms with Crippen LogP contribution in [0.5, 0.6) is 5.75 Å². The third-order valence-corrected chi connectivity index (χ3v) is 7.30. The minimum Gasteiger partial charge on any atom is -0.482 e. The van der Waals surface area contributed by atoms with E-state index in [0.717, 1.165) is 35.1 Å². The van der Waals surface area contributed by atoms with Gasteiger partial charge in [-0.25, -0.2) is 0 Å². The van der Waals surface area contributed by atoms with Gasteiger partial charge < -0.3 is 15.0 Å². The van der Waals surface area contributed by atoms with E-state index in [1.807, 2.05) is 6.92 Å². The molecule has 2 aliphatic heterocycles. The van der Waals surface area contributed by atoms with E-state index in [0.29, 0.717) is 29.4 Å². The van der Waals surface area contributed by atoms with Gasteiger partial charge in [0, 0.05) is 23.8 Å². The average Bonchev–Trinajstić information content (AvgIpc) is 3.46. The molecule has 0 aliphatic carbocycles. The van der Waals surface area contributed by atoms with Crippen molar-refractivity contribution in [2.45, 2.75) is 19.8 Å².